The Morgan fingerprint density at radius 2 is 1.74 bits per heavy atom. The molecule has 1 fully saturated rings. The molecule has 1 aliphatic rings. The van der Waals surface area contributed by atoms with E-state index in [0.29, 0.717) is 5.69 Å². The van der Waals surface area contributed by atoms with E-state index < -0.39 is 5.37 Å². The van der Waals surface area contributed by atoms with Crippen molar-refractivity contribution in [3.05, 3.63) is 30.3 Å². The van der Waals surface area contributed by atoms with Crippen molar-refractivity contribution in [2.75, 3.05) is 0 Å². The number of carbonyl (C=O) groups is 1. The second kappa shape index (κ2) is 6.92. The molecule has 0 atom stereocenters. The maximum absolute atomic E-state index is 11.6. The van der Waals surface area contributed by atoms with Gasteiger partial charge in [0.15, 0.2) is 0 Å². The van der Waals surface area contributed by atoms with Crippen LogP contribution in [0.15, 0.2) is 35.3 Å². The summed E-state index contributed by atoms with van der Waals surface area (Å²) in [6.45, 7) is 0. The van der Waals surface area contributed by atoms with Crippen molar-refractivity contribution in [2.45, 2.75) is 38.1 Å². The summed E-state index contributed by atoms with van der Waals surface area (Å²) in [4.78, 5) is 17.3. The van der Waals surface area contributed by atoms with Gasteiger partial charge in [0.25, 0.3) is 0 Å². The molecule has 1 aromatic carbocycles. The molecular weight excluding hydrogens is 283 g/mol. The number of halogens is 2. The van der Waals surface area contributed by atoms with E-state index in [4.69, 9.17) is 23.2 Å². The number of benzene rings is 1. The Morgan fingerprint density at radius 3 is 2.32 bits per heavy atom. The van der Waals surface area contributed by atoms with Crippen LogP contribution in [-0.4, -0.2) is 21.6 Å². The third-order valence-electron chi connectivity index (χ3n) is 3.31. The van der Waals surface area contributed by atoms with E-state index >= 15 is 0 Å². The first kappa shape index (κ1) is 14.4. The van der Waals surface area contributed by atoms with Crippen molar-refractivity contribution in [3.63, 3.8) is 0 Å². The average molecular weight is 299 g/mol. The standard InChI is InChI=1S/C14H16Cl2N2O/c15-13(17-11-7-3-1-4-8-11)18(14(16)19)12-9-5-2-6-10-12/h1,3-4,7-8,12H,2,5-6,9-10H2. The Bertz CT molecular complexity index is 456. The van der Waals surface area contributed by atoms with Crippen LogP contribution in [-0.2, 0) is 0 Å². The van der Waals surface area contributed by atoms with E-state index in [1.165, 1.54) is 11.3 Å². The molecule has 0 bridgehead atoms. The lowest BCUT2D eigenvalue weighted by Crippen LogP contribution is -2.40. The zero-order chi connectivity index (χ0) is 13.7. The summed E-state index contributed by atoms with van der Waals surface area (Å²) < 4.78 is 0. The van der Waals surface area contributed by atoms with Gasteiger partial charge in [0.2, 0.25) is 5.29 Å². The van der Waals surface area contributed by atoms with E-state index in [1.54, 1.807) is 0 Å². The molecule has 1 saturated carbocycles. The monoisotopic (exact) mass is 298 g/mol. The minimum Gasteiger partial charge on any atom is -0.270 e. The fourth-order valence-electron chi connectivity index (χ4n) is 2.37. The number of hydrogen-bond acceptors (Lipinski definition) is 2. The van der Waals surface area contributed by atoms with Gasteiger partial charge in [-0.25, -0.2) is 4.99 Å². The maximum atomic E-state index is 11.6. The summed E-state index contributed by atoms with van der Waals surface area (Å²) in [7, 11) is 0. The number of nitrogens with zero attached hydrogens (tertiary/aromatic N) is 2. The minimum atomic E-state index is -0.559. The smallest absolute Gasteiger partial charge is 0.270 e. The number of carbonyl (C=O) groups excluding carboxylic acids is 1. The van der Waals surface area contributed by atoms with Crippen LogP contribution in [0.3, 0.4) is 0 Å². The number of hydrogen-bond donors (Lipinski definition) is 0. The van der Waals surface area contributed by atoms with Crippen molar-refractivity contribution in [2.24, 2.45) is 4.99 Å². The molecule has 0 spiro atoms. The van der Waals surface area contributed by atoms with Crippen molar-refractivity contribution in [3.8, 4) is 0 Å². The summed E-state index contributed by atoms with van der Waals surface area (Å²) in [6.07, 6.45) is 5.26. The molecule has 2 rings (SSSR count). The Kier molecular flexibility index (Phi) is 5.23. The third-order valence-corrected chi connectivity index (χ3v) is 3.75. The number of rotatable bonds is 2. The van der Waals surface area contributed by atoms with Crippen molar-refractivity contribution in [1.82, 2.24) is 4.90 Å². The van der Waals surface area contributed by atoms with E-state index in [9.17, 15) is 4.79 Å². The second-order valence-electron chi connectivity index (χ2n) is 4.63. The molecule has 0 radical (unpaired) electrons. The second-order valence-corrected chi connectivity index (χ2v) is 5.29. The molecule has 1 aliphatic carbocycles. The van der Waals surface area contributed by atoms with E-state index in [0.717, 1.165) is 25.7 Å². The molecule has 3 nitrogen and oxygen atoms in total. The summed E-state index contributed by atoms with van der Waals surface area (Å²) in [6, 6.07) is 9.38. The number of amides is 1. The number of para-hydroxylation sites is 1. The van der Waals surface area contributed by atoms with Crippen LogP contribution in [0.25, 0.3) is 0 Å². The molecule has 0 heterocycles. The molecule has 0 aliphatic heterocycles. The topological polar surface area (TPSA) is 32.7 Å². The predicted octanol–water partition coefficient (Wildman–Crippen LogP) is 4.91. The predicted molar refractivity (Wildman–Crippen MR) is 79.4 cm³/mol. The minimum absolute atomic E-state index is 0.0683. The van der Waals surface area contributed by atoms with Gasteiger partial charge < -0.3 is 0 Å². The number of amidine groups is 1. The summed E-state index contributed by atoms with van der Waals surface area (Å²) in [5, 5.41) is -0.408. The molecule has 5 heteroatoms. The summed E-state index contributed by atoms with van der Waals surface area (Å²) in [5.41, 5.74) is 0.714. The molecule has 0 aromatic heterocycles. The average Bonchev–Trinajstić information content (AvgIpc) is 2.40. The first-order valence-electron chi connectivity index (χ1n) is 6.46. The molecule has 102 valence electrons. The van der Waals surface area contributed by atoms with Crippen LogP contribution in [0.5, 0.6) is 0 Å². The van der Waals surface area contributed by atoms with Gasteiger partial charge in [-0.15, -0.1) is 0 Å². The Labute approximate surface area is 123 Å². The first-order valence-corrected chi connectivity index (χ1v) is 7.22. The normalized spacial score (nSPS) is 17.3. The van der Waals surface area contributed by atoms with E-state index in [2.05, 4.69) is 4.99 Å². The highest BCUT2D eigenvalue weighted by atomic mass is 35.5. The lowest BCUT2D eigenvalue weighted by atomic mass is 9.95. The Morgan fingerprint density at radius 1 is 1.11 bits per heavy atom. The van der Waals surface area contributed by atoms with Crippen LogP contribution in [0.4, 0.5) is 10.5 Å². The molecule has 1 aromatic rings. The van der Waals surface area contributed by atoms with Gasteiger partial charge in [0.05, 0.1) is 5.69 Å². The molecule has 1 amide bonds. The quantitative estimate of drug-likeness (QED) is 0.330. The number of aliphatic imine (C=N–C) groups is 1. The lowest BCUT2D eigenvalue weighted by molar-refractivity contribution is 0.218. The van der Waals surface area contributed by atoms with Crippen LogP contribution >= 0.6 is 23.2 Å². The molecule has 19 heavy (non-hydrogen) atoms. The zero-order valence-corrected chi connectivity index (χ0v) is 12.1. The van der Waals surface area contributed by atoms with Crippen molar-refractivity contribution < 1.29 is 4.79 Å². The van der Waals surface area contributed by atoms with Crippen LogP contribution in [0.1, 0.15) is 32.1 Å². The SMILES string of the molecule is O=C(Cl)N(C(Cl)=Nc1ccccc1)C1CCCCC1. The van der Waals surface area contributed by atoms with Gasteiger partial charge in [-0.05, 0) is 48.2 Å². The van der Waals surface area contributed by atoms with E-state index in [-0.39, 0.29) is 11.3 Å². The maximum Gasteiger partial charge on any atom is 0.322 e. The Balaban J connectivity index is 2.18. The van der Waals surface area contributed by atoms with Gasteiger partial charge >= 0.3 is 5.37 Å². The van der Waals surface area contributed by atoms with Gasteiger partial charge in [-0.2, -0.15) is 0 Å². The summed E-state index contributed by atoms with van der Waals surface area (Å²) >= 11 is 11.8. The third kappa shape index (κ3) is 3.95. The largest absolute Gasteiger partial charge is 0.322 e. The summed E-state index contributed by atoms with van der Waals surface area (Å²) in [5.74, 6) is 0. The fourth-order valence-corrected chi connectivity index (χ4v) is 2.94. The fraction of sp³-hybridized carbons (Fsp3) is 0.429. The van der Waals surface area contributed by atoms with Crippen molar-refractivity contribution >= 4 is 39.6 Å². The van der Waals surface area contributed by atoms with Gasteiger partial charge in [-0.3, -0.25) is 9.69 Å². The zero-order valence-electron chi connectivity index (χ0n) is 10.6. The van der Waals surface area contributed by atoms with Gasteiger partial charge in [-0.1, -0.05) is 37.5 Å². The van der Waals surface area contributed by atoms with E-state index in [1.807, 2.05) is 30.3 Å². The highest BCUT2D eigenvalue weighted by Gasteiger charge is 2.27. The van der Waals surface area contributed by atoms with Gasteiger partial charge in [0, 0.05) is 6.04 Å². The highest BCUT2D eigenvalue weighted by molar-refractivity contribution is 6.72. The van der Waals surface area contributed by atoms with Gasteiger partial charge in [0.1, 0.15) is 0 Å². The lowest BCUT2D eigenvalue weighted by Gasteiger charge is -2.31. The molecule has 0 unspecified atom stereocenters. The van der Waals surface area contributed by atoms with Crippen LogP contribution < -0.4 is 0 Å². The Hall–Kier alpha value is -1.06. The highest BCUT2D eigenvalue weighted by Crippen LogP contribution is 2.26. The van der Waals surface area contributed by atoms with Crippen LogP contribution in [0.2, 0.25) is 0 Å². The molecular formula is C14H16Cl2N2O. The first-order chi connectivity index (χ1) is 9.18. The van der Waals surface area contributed by atoms with Crippen LogP contribution in [0, 0.1) is 0 Å². The molecule has 0 N–H and O–H groups in total. The molecule has 0 saturated heterocycles. The van der Waals surface area contributed by atoms with Crippen molar-refractivity contribution in [1.29, 1.82) is 0 Å².